The molecule has 0 saturated heterocycles. The van der Waals surface area contributed by atoms with Gasteiger partial charge in [-0.1, -0.05) is 13.3 Å². The number of hydrogen-bond acceptors (Lipinski definition) is 3. The Morgan fingerprint density at radius 2 is 2.06 bits per heavy atom. The van der Waals surface area contributed by atoms with Gasteiger partial charge in [0.1, 0.15) is 5.75 Å². The Morgan fingerprint density at radius 1 is 1.39 bits per heavy atom. The molecule has 0 aromatic heterocycles. The largest absolute Gasteiger partial charge is 0.497 e. The number of rotatable bonds is 7. The number of ether oxygens (including phenoxy) is 1. The second-order valence-corrected chi connectivity index (χ2v) is 5.27. The summed E-state index contributed by atoms with van der Waals surface area (Å²) in [7, 11) is 1.64. The van der Waals surface area contributed by atoms with Crippen molar-refractivity contribution in [2.75, 3.05) is 12.9 Å². The molecule has 3 nitrogen and oxygen atoms in total. The van der Waals surface area contributed by atoms with Crippen molar-refractivity contribution in [1.29, 1.82) is 0 Å². The lowest BCUT2D eigenvalue weighted by molar-refractivity contribution is -0.119. The monoisotopic (exact) mass is 267 g/mol. The van der Waals surface area contributed by atoms with E-state index in [1.165, 1.54) is 0 Å². The van der Waals surface area contributed by atoms with Gasteiger partial charge >= 0.3 is 0 Å². The topological polar surface area (TPSA) is 38.3 Å². The fourth-order valence-corrected chi connectivity index (χ4v) is 2.35. The number of amides is 1. The molecule has 0 unspecified atom stereocenters. The summed E-state index contributed by atoms with van der Waals surface area (Å²) in [4.78, 5) is 12.7. The summed E-state index contributed by atoms with van der Waals surface area (Å²) in [5, 5.41) is 2.99. The summed E-state index contributed by atoms with van der Waals surface area (Å²) >= 11 is 1.54. The summed E-state index contributed by atoms with van der Waals surface area (Å²) in [5.74, 6) is 1.39. The van der Waals surface area contributed by atoms with Gasteiger partial charge in [-0.3, -0.25) is 4.79 Å². The minimum Gasteiger partial charge on any atom is -0.497 e. The van der Waals surface area contributed by atoms with E-state index in [-0.39, 0.29) is 11.9 Å². The van der Waals surface area contributed by atoms with E-state index in [9.17, 15) is 4.79 Å². The van der Waals surface area contributed by atoms with Crippen LogP contribution in [0.5, 0.6) is 5.75 Å². The van der Waals surface area contributed by atoms with Crippen LogP contribution in [0.3, 0.4) is 0 Å². The van der Waals surface area contributed by atoms with E-state index in [4.69, 9.17) is 4.74 Å². The van der Waals surface area contributed by atoms with Crippen LogP contribution in [0.15, 0.2) is 29.2 Å². The Hall–Kier alpha value is -1.16. The molecule has 0 radical (unpaired) electrons. The molecule has 4 heteroatoms. The van der Waals surface area contributed by atoms with Gasteiger partial charge in [0.15, 0.2) is 0 Å². The maximum absolute atomic E-state index is 11.7. The van der Waals surface area contributed by atoms with Crippen LogP contribution in [0, 0.1) is 0 Å². The summed E-state index contributed by atoms with van der Waals surface area (Å²) in [6.45, 7) is 4.16. The SMILES string of the molecule is CCC[C@H](C)NC(=O)CSc1ccc(OC)cc1. The summed E-state index contributed by atoms with van der Waals surface area (Å²) in [6, 6.07) is 8.00. The number of hydrogen-bond donors (Lipinski definition) is 1. The van der Waals surface area contributed by atoms with Crippen molar-refractivity contribution in [3.05, 3.63) is 24.3 Å². The van der Waals surface area contributed by atoms with Crippen molar-refractivity contribution in [3.63, 3.8) is 0 Å². The van der Waals surface area contributed by atoms with E-state index >= 15 is 0 Å². The van der Waals surface area contributed by atoms with Gasteiger partial charge in [0.05, 0.1) is 12.9 Å². The normalized spacial score (nSPS) is 11.9. The molecule has 1 rings (SSSR count). The molecular formula is C14H21NO2S. The van der Waals surface area contributed by atoms with Crippen LogP contribution in [0.2, 0.25) is 0 Å². The molecule has 0 aliphatic heterocycles. The highest BCUT2D eigenvalue weighted by Gasteiger charge is 2.06. The molecule has 0 aliphatic carbocycles. The highest BCUT2D eigenvalue weighted by Crippen LogP contribution is 2.20. The Morgan fingerprint density at radius 3 is 2.61 bits per heavy atom. The van der Waals surface area contributed by atoms with Crippen LogP contribution >= 0.6 is 11.8 Å². The Balaban J connectivity index is 2.33. The predicted octanol–water partition coefficient (Wildman–Crippen LogP) is 3.09. The minimum atomic E-state index is 0.0942. The predicted molar refractivity (Wildman–Crippen MR) is 76.2 cm³/mol. The number of methoxy groups -OCH3 is 1. The molecule has 100 valence electrons. The summed E-state index contributed by atoms with van der Waals surface area (Å²) < 4.78 is 5.09. The molecule has 0 fully saturated rings. The quantitative estimate of drug-likeness (QED) is 0.772. The fourth-order valence-electron chi connectivity index (χ4n) is 1.64. The minimum absolute atomic E-state index is 0.0942. The van der Waals surface area contributed by atoms with Crippen LogP contribution in [0.1, 0.15) is 26.7 Å². The third kappa shape index (κ3) is 5.45. The standard InChI is InChI=1S/C14H21NO2S/c1-4-5-11(2)15-14(16)10-18-13-8-6-12(17-3)7-9-13/h6-9,11H,4-5,10H2,1-3H3,(H,15,16)/t11-/m0/s1. The van der Waals surface area contributed by atoms with Gasteiger partial charge < -0.3 is 10.1 Å². The first-order valence-corrected chi connectivity index (χ1v) is 7.20. The molecule has 1 N–H and O–H groups in total. The molecule has 0 saturated carbocycles. The van der Waals surface area contributed by atoms with Gasteiger partial charge in [0.2, 0.25) is 5.91 Å². The van der Waals surface area contributed by atoms with Gasteiger partial charge in [-0.15, -0.1) is 11.8 Å². The number of carbonyl (C=O) groups excluding carboxylic acids is 1. The number of benzene rings is 1. The third-order valence-corrected chi connectivity index (χ3v) is 3.57. The number of nitrogens with one attached hydrogen (secondary N) is 1. The van der Waals surface area contributed by atoms with Crippen LogP contribution in [0.4, 0.5) is 0 Å². The first-order valence-electron chi connectivity index (χ1n) is 6.22. The van der Waals surface area contributed by atoms with E-state index in [1.54, 1.807) is 18.9 Å². The summed E-state index contributed by atoms with van der Waals surface area (Å²) in [6.07, 6.45) is 2.12. The van der Waals surface area contributed by atoms with Crippen LogP contribution < -0.4 is 10.1 Å². The zero-order valence-electron chi connectivity index (χ0n) is 11.2. The van der Waals surface area contributed by atoms with Crippen molar-refractivity contribution < 1.29 is 9.53 Å². The molecule has 0 spiro atoms. The molecule has 0 aliphatic rings. The Labute approximate surface area is 113 Å². The van der Waals surface area contributed by atoms with E-state index in [1.807, 2.05) is 31.2 Å². The molecule has 1 amide bonds. The van der Waals surface area contributed by atoms with Gasteiger partial charge in [0, 0.05) is 10.9 Å². The summed E-state index contributed by atoms with van der Waals surface area (Å²) in [5.41, 5.74) is 0. The molecular weight excluding hydrogens is 246 g/mol. The average Bonchev–Trinajstić information content (AvgIpc) is 2.37. The van der Waals surface area contributed by atoms with Crippen LogP contribution in [0.25, 0.3) is 0 Å². The van der Waals surface area contributed by atoms with Crippen LogP contribution in [-0.4, -0.2) is 24.8 Å². The lowest BCUT2D eigenvalue weighted by Crippen LogP contribution is -2.33. The fraction of sp³-hybridized carbons (Fsp3) is 0.500. The van der Waals surface area contributed by atoms with Crippen molar-refractivity contribution in [3.8, 4) is 5.75 Å². The maximum atomic E-state index is 11.7. The number of thioether (sulfide) groups is 1. The molecule has 0 heterocycles. The smallest absolute Gasteiger partial charge is 0.230 e. The second kappa shape index (κ2) is 8.03. The molecule has 1 aromatic rings. The lowest BCUT2D eigenvalue weighted by Gasteiger charge is -2.12. The first kappa shape index (κ1) is 14.9. The highest BCUT2D eigenvalue weighted by atomic mass is 32.2. The van der Waals surface area contributed by atoms with E-state index in [0.717, 1.165) is 23.5 Å². The first-order chi connectivity index (χ1) is 8.65. The van der Waals surface area contributed by atoms with E-state index in [2.05, 4.69) is 12.2 Å². The van der Waals surface area contributed by atoms with E-state index < -0.39 is 0 Å². The maximum Gasteiger partial charge on any atom is 0.230 e. The van der Waals surface area contributed by atoms with Crippen LogP contribution in [-0.2, 0) is 4.79 Å². The van der Waals surface area contributed by atoms with Crippen molar-refractivity contribution >= 4 is 17.7 Å². The second-order valence-electron chi connectivity index (χ2n) is 4.22. The van der Waals surface area contributed by atoms with Crippen molar-refractivity contribution in [1.82, 2.24) is 5.32 Å². The lowest BCUT2D eigenvalue weighted by atomic mass is 10.2. The van der Waals surface area contributed by atoms with Gasteiger partial charge in [-0.2, -0.15) is 0 Å². The number of carbonyl (C=O) groups is 1. The Bertz CT molecular complexity index is 365. The Kier molecular flexibility index (Phi) is 6.65. The van der Waals surface area contributed by atoms with Gasteiger partial charge in [-0.25, -0.2) is 0 Å². The molecule has 1 aromatic carbocycles. The zero-order valence-corrected chi connectivity index (χ0v) is 12.0. The third-order valence-electron chi connectivity index (χ3n) is 2.56. The molecule has 1 atom stereocenters. The molecule has 0 bridgehead atoms. The van der Waals surface area contributed by atoms with Crippen molar-refractivity contribution in [2.24, 2.45) is 0 Å². The van der Waals surface area contributed by atoms with E-state index in [0.29, 0.717) is 5.75 Å². The van der Waals surface area contributed by atoms with Gasteiger partial charge in [-0.05, 0) is 37.6 Å². The highest BCUT2D eigenvalue weighted by molar-refractivity contribution is 8.00. The zero-order chi connectivity index (χ0) is 13.4. The van der Waals surface area contributed by atoms with Crippen molar-refractivity contribution in [2.45, 2.75) is 37.6 Å². The van der Waals surface area contributed by atoms with Gasteiger partial charge in [0.25, 0.3) is 0 Å². The average molecular weight is 267 g/mol. The molecule has 18 heavy (non-hydrogen) atoms.